The van der Waals surface area contributed by atoms with Crippen molar-refractivity contribution in [1.82, 2.24) is 19.9 Å². The first-order valence-corrected chi connectivity index (χ1v) is 8.56. The summed E-state index contributed by atoms with van der Waals surface area (Å²) in [6.07, 6.45) is 1.48. The Hall–Kier alpha value is -2.71. The molecule has 3 heterocycles. The zero-order valence-corrected chi connectivity index (χ0v) is 15.1. The highest BCUT2D eigenvalue weighted by Gasteiger charge is 2.18. The van der Waals surface area contributed by atoms with Crippen LogP contribution in [0.5, 0.6) is 5.75 Å². The van der Waals surface area contributed by atoms with Crippen LogP contribution in [0.15, 0.2) is 24.4 Å². The van der Waals surface area contributed by atoms with E-state index < -0.39 is 0 Å². The second kappa shape index (κ2) is 6.54. The summed E-state index contributed by atoms with van der Waals surface area (Å²) >= 11 is 12.5. The number of fused-ring (bicyclic) bond motifs is 3. The predicted molar refractivity (Wildman–Crippen MR) is 100 cm³/mol. The molecule has 134 valence electrons. The average molecular weight is 393 g/mol. The van der Waals surface area contributed by atoms with Crippen LogP contribution in [0.2, 0.25) is 10.0 Å². The Morgan fingerprint density at radius 1 is 1.27 bits per heavy atom. The molecule has 0 saturated carbocycles. The lowest BCUT2D eigenvalue weighted by Gasteiger charge is -2.13. The van der Waals surface area contributed by atoms with Crippen molar-refractivity contribution in [3.05, 3.63) is 40.0 Å². The van der Waals surface area contributed by atoms with Gasteiger partial charge in [0.25, 0.3) is 5.91 Å². The molecule has 3 aromatic rings. The zero-order valence-electron chi connectivity index (χ0n) is 13.6. The molecule has 0 atom stereocenters. The average Bonchev–Trinajstić information content (AvgIpc) is 3.04. The van der Waals surface area contributed by atoms with Gasteiger partial charge in [0.05, 0.1) is 28.5 Å². The number of benzene rings is 1. The normalized spacial score (nSPS) is 13.9. The van der Waals surface area contributed by atoms with Crippen molar-refractivity contribution in [2.24, 2.45) is 0 Å². The summed E-state index contributed by atoms with van der Waals surface area (Å²) in [4.78, 5) is 17.0. The van der Waals surface area contributed by atoms with Crippen molar-refractivity contribution in [3.63, 3.8) is 0 Å². The topological polar surface area (TPSA) is 92.6 Å². The van der Waals surface area contributed by atoms with Gasteiger partial charge in [-0.3, -0.25) is 4.79 Å². The summed E-state index contributed by atoms with van der Waals surface area (Å²) in [6, 6.07) is 5.06. The van der Waals surface area contributed by atoms with E-state index in [9.17, 15) is 4.79 Å². The molecule has 1 aliphatic rings. The van der Waals surface area contributed by atoms with Gasteiger partial charge in [-0.25, -0.2) is 4.98 Å². The number of carbonyl (C=O) groups is 1. The molecular formula is C16H14Cl2N6O2. The molecule has 4 rings (SSSR count). The third-order valence-corrected chi connectivity index (χ3v) is 4.51. The Morgan fingerprint density at radius 2 is 2.12 bits per heavy atom. The second-order valence-electron chi connectivity index (χ2n) is 5.56. The highest BCUT2D eigenvalue weighted by molar-refractivity contribution is 6.37. The number of amides is 1. The van der Waals surface area contributed by atoms with E-state index >= 15 is 0 Å². The predicted octanol–water partition coefficient (Wildman–Crippen LogP) is 2.94. The molecular weight excluding hydrogens is 379 g/mol. The van der Waals surface area contributed by atoms with E-state index in [2.05, 4.69) is 26.0 Å². The Balaban J connectivity index is 1.91. The number of halogens is 2. The molecule has 0 fully saturated rings. The summed E-state index contributed by atoms with van der Waals surface area (Å²) in [6.45, 7) is 0.556. The Bertz CT molecular complexity index is 1020. The van der Waals surface area contributed by atoms with Crippen molar-refractivity contribution >= 4 is 52.1 Å². The highest BCUT2D eigenvalue weighted by Crippen LogP contribution is 2.36. The molecule has 8 nitrogen and oxygen atoms in total. The fourth-order valence-electron chi connectivity index (χ4n) is 2.66. The number of carbonyl (C=O) groups excluding carboxylic acids is 1. The molecule has 26 heavy (non-hydrogen) atoms. The molecule has 4 bridgehead atoms. The van der Waals surface area contributed by atoms with Crippen LogP contribution in [0.4, 0.5) is 17.3 Å². The van der Waals surface area contributed by atoms with Gasteiger partial charge in [0.2, 0.25) is 0 Å². The van der Waals surface area contributed by atoms with Crippen LogP contribution in [0, 0.1) is 0 Å². The van der Waals surface area contributed by atoms with Gasteiger partial charge >= 0.3 is 0 Å². The largest absolute Gasteiger partial charge is 0.490 e. The maximum absolute atomic E-state index is 12.5. The van der Waals surface area contributed by atoms with Crippen LogP contribution in [0.25, 0.3) is 5.65 Å². The zero-order chi connectivity index (χ0) is 18.3. The van der Waals surface area contributed by atoms with Gasteiger partial charge in [-0.05, 0) is 6.07 Å². The van der Waals surface area contributed by atoms with Crippen LogP contribution in [-0.2, 0) is 0 Å². The first kappa shape index (κ1) is 16.7. The third-order valence-electron chi connectivity index (χ3n) is 3.90. The number of aromatic nitrogens is 3. The number of anilines is 3. The van der Waals surface area contributed by atoms with Gasteiger partial charge in [0.1, 0.15) is 29.6 Å². The first-order valence-electron chi connectivity index (χ1n) is 7.80. The number of rotatable bonds is 1. The van der Waals surface area contributed by atoms with Gasteiger partial charge in [-0.2, -0.15) is 9.61 Å². The third kappa shape index (κ3) is 2.87. The van der Waals surface area contributed by atoms with E-state index in [1.54, 1.807) is 29.8 Å². The van der Waals surface area contributed by atoms with Crippen LogP contribution in [0.1, 0.15) is 10.4 Å². The number of hydrogen-bond donors (Lipinski definition) is 3. The van der Waals surface area contributed by atoms with Gasteiger partial charge in [0.15, 0.2) is 5.65 Å². The molecule has 0 radical (unpaired) electrons. The van der Waals surface area contributed by atoms with E-state index in [-0.39, 0.29) is 12.5 Å². The maximum atomic E-state index is 12.5. The minimum Gasteiger partial charge on any atom is -0.490 e. The lowest BCUT2D eigenvalue weighted by Crippen LogP contribution is -2.28. The van der Waals surface area contributed by atoms with E-state index in [0.717, 1.165) is 0 Å². The molecule has 1 amide bonds. The number of nitrogens with zero attached hydrogens (tertiary/aromatic N) is 3. The van der Waals surface area contributed by atoms with Crippen molar-refractivity contribution in [3.8, 4) is 5.75 Å². The standard InChI is InChI=1S/C16H14Cl2N6O2/c1-19-14-6-13-22-11-5-12(10(18)4-9(11)17)26-3-2-20-16(25)8-7-21-24(14)15(8)23-13/h4-7,19H,2-3H2,1H3,(H,20,25)(H,22,23). The van der Waals surface area contributed by atoms with Crippen molar-refractivity contribution < 1.29 is 9.53 Å². The minimum absolute atomic E-state index is 0.254. The summed E-state index contributed by atoms with van der Waals surface area (Å²) in [7, 11) is 1.76. The minimum atomic E-state index is -0.287. The smallest absolute Gasteiger partial charge is 0.256 e. The van der Waals surface area contributed by atoms with Gasteiger partial charge in [-0.1, -0.05) is 23.2 Å². The van der Waals surface area contributed by atoms with Crippen molar-refractivity contribution in [2.75, 3.05) is 30.8 Å². The molecule has 0 unspecified atom stereocenters. The summed E-state index contributed by atoms with van der Waals surface area (Å²) < 4.78 is 7.21. The van der Waals surface area contributed by atoms with Gasteiger partial charge in [0, 0.05) is 19.2 Å². The van der Waals surface area contributed by atoms with Crippen LogP contribution in [-0.4, -0.2) is 40.7 Å². The van der Waals surface area contributed by atoms with E-state index in [4.69, 9.17) is 27.9 Å². The Kier molecular flexibility index (Phi) is 4.21. The monoisotopic (exact) mass is 392 g/mol. The second-order valence-corrected chi connectivity index (χ2v) is 6.38. The molecule has 10 heteroatoms. The molecule has 3 N–H and O–H groups in total. The summed E-state index contributed by atoms with van der Waals surface area (Å²) in [5, 5.41) is 14.0. The fraction of sp³-hybridized carbons (Fsp3) is 0.188. The fourth-order valence-corrected chi connectivity index (χ4v) is 3.14. The van der Waals surface area contributed by atoms with Crippen LogP contribution < -0.4 is 20.7 Å². The number of hydrogen-bond acceptors (Lipinski definition) is 6. The quantitative estimate of drug-likeness (QED) is 0.589. The summed E-state index contributed by atoms with van der Waals surface area (Å²) in [5.74, 6) is 1.33. The van der Waals surface area contributed by atoms with E-state index in [1.807, 2.05) is 0 Å². The summed E-state index contributed by atoms with van der Waals surface area (Å²) in [5.41, 5.74) is 1.37. The van der Waals surface area contributed by atoms with Crippen LogP contribution >= 0.6 is 23.2 Å². The SMILES string of the molecule is CNc1cc2nc3c(cnn13)C(=O)NCCOc1cc(c(Cl)cc1Cl)N2. The first-order chi connectivity index (χ1) is 12.6. The Morgan fingerprint density at radius 3 is 2.92 bits per heavy atom. The van der Waals surface area contributed by atoms with Crippen LogP contribution in [0.3, 0.4) is 0 Å². The van der Waals surface area contributed by atoms with E-state index in [1.165, 1.54) is 6.20 Å². The maximum Gasteiger partial charge on any atom is 0.256 e. The van der Waals surface area contributed by atoms with Gasteiger partial charge in [-0.15, -0.1) is 0 Å². The molecule has 0 spiro atoms. The molecule has 2 aromatic heterocycles. The lowest BCUT2D eigenvalue weighted by atomic mass is 10.3. The number of ether oxygens (including phenoxy) is 1. The molecule has 1 aromatic carbocycles. The lowest BCUT2D eigenvalue weighted by molar-refractivity contribution is 0.0948. The van der Waals surface area contributed by atoms with Gasteiger partial charge < -0.3 is 20.7 Å². The van der Waals surface area contributed by atoms with E-state index in [0.29, 0.717) is 50.9 Å². The van der Waals surface area contributed by atoms with Crippen molar-refractivity contribution in [2.45, 2.75) is 0 Å². The van der Waals surface area contributed by atoms with Crippen molar-refractivity contribution in [1.29, 1.82) is 0 Å². The molecule has 1 aliphatic heterocycles. The Labute approximate surface area is 158 Å². The molecule has 0 saturated heterocycles. The molecule has 0 aliphatic carbocycles. The number of nitrogens with one attached hydrogen (secondary N) is 3. The highest BCUT2D eigenvalue weighted by atomic mass is 35.5.